The number of carbonyl (C=O) groups is 2. The first-order chi connectivity index (χ1) is 12.2. The minimum absolute atomic E-state index is 0.0177. The Hall–Kier alpha value is -2.22. The van der Waals surface area contributed by atoms with E-state index in [0.717, 1.165) is 5.56 Å². The Balaban J connectivity index is 1.93. The molecule has 2 aromatic rings. The zero-order valence-corrected chi connectivity index (χ0v) is 15.9. The summed E-state index contributed by atoms with van der Waals surface area (Å²) < 4.78 is 26.9. The molecule has 26 heavy (non-hydrogen) atoms. The van der Waals surface area contributed by atoms with E-state index in [0.29, 0.717) is 16.3 Å². The number of sulfonamides is 1. The van der Waals surface area contributed by atoms with Crippen LogP contribution in [0.15, 0.2) is 47.4 Å². The van der Waals surface area contributed by atoms with Crippen LogP contribution in [0.2, 0.25) is 5.02 Å². The number of anilines is 1. The van der Waals surface area contributed by atoms with Crippen molar-refractivity contribution in [3.8, 4) is 0 Å². The first-order valence-corrected chi connectivity index (χ1v) is 9.72. The van der Waals surface area contributed by atoms with Crippen LogP contribution in [0.5, 0.6) is 0 Å². The smallest absolute Gasteiger partial charge is 0.240 e. The molecule has 0 saturated heterocycles. The SMILES string of the molecule is CC(=O)c1cccc(S(=O)(=O)NCCC(=O)Nc2ccc(C)c(Cl)c2)c1. The van der Waals surface area contributed by atoms with E-state index in [4.69, 9.17) is 11.6 Å². The van der Waals surface area contributed by atoms with Gasteiger partial charge in [-0.1, -0.05) is 29.8 Å². The van der Waals surface area contributed by atoms with Crippen molar-refractivity contribution in [3.63, 3.8) is 0 Å². The third-order valence-electron chi connectivity index (χ3n) is 3.65. The molecule has 0 aliphatic carbocycles. The molecular weight excluding hydrogens is 376 g/mol. The van der Waals surface area contributed by atoms with Crippen molar-refractivity contribution in [1.82, 2.24) is 4.72 Å². The number of ketones is 1. The van der Waals surface area contributed by atoms with Crippen molar-refractivity contribution in [2.24, 2.45) is 0 Å². The van der Waals surface area contributed by atoms with Crippen LogP contribution in [0, 0.1) is 6.92 Å². The molecule has 0 unspecified atom stereocenters. The van der Waals surface area contributed by atoms with Crippen molar-refractivity contribution in [2.45, 2.75) is 25.2 Å². The summed E-state index contributed by atoms with van der Waals surface area (Å²) in [6.07, 6.45) is -0.0445. The van der Waals surface area contributed by atoms with Crippen LogP contribution in [0.1, 0.15) is 29.3 Å². The van der Waals surface area contributed by atoms with Crippen LogP contribution in [0.25, 0.3) is 0 Å². The zero-order chi connectivity index (χ0) is 19.3. The normalized spacial score (nSPS) is 11.2. The Bertz CT molecular complexity index is 942. The molecular formula is C18H19ClN2O4S. The first kappa shape index (κ1) is 20.1. The van der Waals surface area contributed by atoms with Gasteiger partial charge in [0.15, 0.2) is 5.78 Å². The molecule has 0 radical (unpaired) electrons. The molecule has 138 valence electrons. The maximum Gasteiger partial charge on any atom is 0.240 e. The Morgan fingerprint density at radius 2 is 1.85 bits per heavy atom. The summed E-state index contributed by atoms with van der Waals surface area (Å²) in [5.41, 5.74) is 1.75. The Morgan fingerprint density at radius 1 is 1.12 bits per heavy atom. The summed E-state index contributed by atoms with van der Waals surface area (Å²) in [4.78, 5) is 23.3. The molecule has 2 aromatic carbocycles. The summed E-state index contributed by atoms with van der Waals surface area (Å²) in [6, 6.07) is 10.9. The minimum Gasteiger partial charge on any atom is -0.326 e. The second kappa shape index (κ2) is 8.44. The van der Waals surface area contributed by atoms with E-state index in [1.165, 1.54) is 25.1 Å². The number of aryl methyl sites for hydroxylation is 1. The number of carbonyl (C=O) groups excluding carboxylic acids is 2. The lowest BCUT2D eigenvalue weighted by atomic mass is 10.2. The highest BCUT2D eigenvalue weighted by molar-refractivity contribution is 7.89. The van der Waals surface area contributed by atoms with Gasteiger partial charge in [-0.05, 0) is 43.7 Å². The van der Waals surface area contributed by atoms with Crippen LogP contribution in [-0.2, 0) is 14.8 Å². The molecule has 0 aliphatic heterocycles. The van der Waals surface area contributed by atoms with E-state index in [9.17, 15) is 18.0 Å². The first-order valence-electron chi connectivity index (χ1n) is 7.86. The number of hydrogen-bond donors (Lipinski definition) is 2. The maximum atomic E-state index is 12.3. The minimum atomic E-state index is -3.80. The van der Waals surface area contributed by atoms with Crippen molar-refractivity contribution in [1.29, 1.82) is 0 Å². The molecule has 1 amide bonds. The zero-order valence-electron chi connectivity index (χ0n) is 14.4. The molecule has 0 bridgehead atoms. The fraction of sp³-hybridized carbons (Fsp3) is 0.222. The Labute approximate surface area is 157 Å². The number of rotatable bonds is 7. The molecule has 0 aromatic heterocycles. The number of amides is 1. The summed E-state index contributed by atoms with van der Waals surface area (Å²) in [7, 11) is -3.80. The van der Waals surface area contributed by atoms with Crippen molar-refractivity contribution < 1.29 is 18.0 Å². The highest BCUT2D eigenvalue weighted by Crippen LogP contribution is 2.20. The van der Waals surface area contributed by atoms with E-state index in [1.54, 1.807) is 24.3 Å². The third kappa shape index (κ3) is 5.39. The lowest BCUT2D eigenvalue weighted by molar-refractivity contribution is -0.116. The quantitative estimate of drug-likeness (QED) is 0.705. The summed E-state index contributed by atoms with van der Waals surface area (Å²) >= 11 is 6.00. The van der Waals surface area contributed by atoms with E-state index in [1.807, 2.05) is 6.92 Å². The molecule has 2 N–H and O–H groups in total. The predicted molar refractivity (Wildman–Crippen MR) is 101 cm³/mol. The predicted octanol–water partition coefficient (Wildman–Crippen LogP) is 3.16. The molecule has 6 nitrogen and oxygen atoms in total. The van der Waals surface area contributed by atoms with Gasteiger partial charge in [0.2, 0.25) is 15.9 Å². The van der Waals surface area contributed by atoms with E-state index >= 15 is 0 Å². The highest BCUT2D eigenvalue weighted by atomic mass is 35.5. The van der Waals surface area contributed by atoms with Gasteiger partial charge in [0.05, 0.1) is 4.90 Å². The van der Waals surface area contributed by atoms with Crippen molar-refractivity contribution in [3.05, 3.63) is 58.6 Å². The fourth-order valence-electron chi connectivity index (χ4n) is 2.16. The number of nitrogens with one attached hydrogen (secondary N) is 2. The van der Waals surface area contributed by atoms with Gasteiger partial charge < -0.3 is 5.32 Å². The fourth-order valence-corrected chi connectivity index (χ4v) is 3.42. The second-order valence-electron chi connectivity index (χ2n) is 5.74. The van der Waals surface area contributed by atoms with Gasteiger partial charge in [-0.25, -0.2) is 13.1 Å². The van der Waals surface area contributed by atoms with Crippen molar-refractivity contribution in [2.75, 3.05) is 11.9 Å². The molecule has 0 heterocycles. The Kier molecular flexibility index (Phi) is 6.52. The van der Waals surface area contributed by atoms with Gasteiger partial charge in [0.1, 0.15) is 0 Å². The average Bonchev–Trinajstić information content (AvgIpc) is 2.58. The number of hydrogen-bond acceptors (Lipinski definition) is 4. The molecule has 0 spiro atoms. The molecule has 0 saturated carbocycles. The largest absolute Gasteiger partial charge is 0.326 e. The molecule has 0 atom stereocenters. The van der Waals surface area contributed by atoms with Crippen molar-refractivity contribution >= 4 is 39.0 Å². The van der Waals surface area contributed by atoms with E-state index in [-0.39, 0.29) is 29.6 Å². The van der Waals surface area contributed by atoms with Crippen LogP contribution in [-0.4, -0.2) is 26.7 Å². The van der Waals surface area contributed by atoms with Crippen LogP contribution >= 0.6 is 11.6 Å². The lowest BCUT2D eigenvalue weighted by Gasteiger charge is -2.09. The third-order valence-corrected chi connectivity index (χ3v) is 5.52. The Morgan fingerprint density at radius 3 is 2.50 bits per heavy atom. The second-order valence-corrected chi connectivity index (χ2v) is 7.92. The van der Waals surface area contributed by atoms with Crippen LogP contribution < -0.4 is 10.0 Å². The molecule has 0 aliphatic rings. The highest BCUT2D eigenvalue weighted by Gasteiger charge is 2.15. The standard InChI is InChI=1S/C18H19ClN2O4S/c1-12-6-7-15(11-17(12)19)21-18(23)8-9-20-26(24,25)16-5-3-4-14(10-16)13(2)22/h3-7,10-11,20H,8-9H2,1-2H3,(H,21,23). The van der Waals surface area contributed by atoms with Gasteiger partial charge in [0, 0.05) is 29.2 Å². The number of halogens is 1. The number of benzene rings is 2. The summed E-state index contributed by atoms with van der Waals surface area (Å²) in [5, 5.41) is 3.19. The summed E-state index contributed by atoms with van der Waals surface area (Å²) in [6.45, 7) is 3.14. The maximum absolute atomic E-state index is 12.3. The topological polar surface area (TPSA) is 92.3 Å². The van der Waals surface area contributed by atoms with Gasteiger partial charge in [-0.15, -0.1) is 0 Å². The van der Waals surface area contributed by atoms with Crippen LogP contribution in [0.4, 0.5) is 5.69 Å². The number of Topliss-reactive ketones (excluding diaryl/α,β-unsaturated/α-hetero) is 1. The molecule has 8 heteroatoms. The summed E-state index contributed by atoms with van der Waals surface area (Å²) in [5.74, 6) is -0.566. The molecule has 0 fully saturated rings. The van der Waals surface area contributed by atoms with Gasteiger partial charge >= 0.3 is 0 Å². The van der Waals surface area contributed by atoms with E-state index < -0.39 is 10.0 Å². The van der Waals surface area contributed by atoms with E-state index in [2.05, 4.69) is 10.0 Å². The van der Waals surface area contributed by atoms with Gasteiger partial charge in [0.25, 0.3) is 0 Å². The van der Waals surface area contributed by atoms with Crippen LogP contribution in [0.3, 0.4) is 0 Å². The van der Waals surface area contributed by atoms with Gasteiger partial charge in [-0.3, -0.25) is 9.59 Å². The average molecular weight is 395 g/mol. The lowest BCUT2D eigenvalue weighted by Crippen LogP contribution is -2.28. The molecule has 2 rings (SSSR count). The van der Waals surface area contributed by atoms with Gasteiger partial charge in [-0.2, -0.15) is 0 Å². The monoisotopic (exact) mass is 394 g/mol.